The van der Waals surface area contributed by atoms with Crippen LogP contribution in [-0.4, -0.2) is 4.98 Å². The van der Waals surface area contributed by atoms with Gasteiger partial charge in [0, 0.05) is 6.20 Å². The van der Waals surface area contributed by atoms with Crippen LogP contribution in [0.15, 0.2) is 35.2 Å². The Balaban J connectivity index is 2.13. The van der Waals surface area contributed by atoms with Crippen molar-refractivity contribution in [3.63, 3.8) is 0 Å². The number of hydrogen-bond acceptors (Lipinski definition) is 5. The first-order valence-corrected chi connectivity index (χ1v) is 5.92. The van der Waals surface area contributed by atoms with Gasteiger partial charge in [0.25, 0.3) is 0 Å². The molecule has 5 N–H and O–H groups in total. The lowest BCUT2D eigenvalue weighted by Crippen LogP contribution is -2.29. The summed E-state index contributed by atoms with van der Waals surface area (Å²) in [6.07, 6.45) is 2.52. The molecule has 4 nitrogen and oxygen atoms in total. The lowest BCUT2D eigenvalue weighted by Gasteiger charge is -2.14. The summed E-state index contributed by atoms with van der Waals surface area (Å²) in [7, 11) is 0. The molecule has 2 aromatic rings. The molecule has 2 rings (SSSR count). The van der Waals surface area contributed by atoms with Crippen molar-refractivity contribution in [2.45, 2.75) is 12.5 Å². The fourth-order valence-corrected chi connectivity index (χ4v) is 2.32. The monoisotopic (exact) mass is 234 g/mol. The molecule has 84 valence electrons. The highest BCUT2D eigenvalue weighted by Crippen LogP contribution is 2.20. The molecule has 0 aliphatic heterocycles. The smallest absolute Gasteiger partial charge is 0.123 e. The summed E-state index contributed by atoms with van der Waals surface area (Å²) in [5, 5.41) is 4.13. The SMILES string of the molecule is NNC(Cc1ccnc(N)c1)c1ccsc1. The maximum Gasteiger partial charge on any atom is 0.123 e. The van der Waals surface area contributed by atoms with Crippen LogP contribution in [0.1, 0.15) is 17.2 Å². The zero-order valence-electron chi connectivity index (χ0n) is 8.76. The Morgan fingerprint density at radius 1 is 1.44 bits per heavy atom. The van der Waals surface area contributed by atoms with Gasteiger partial charge in [0.1, 0.15) is 5.82 Å². The van der Waals surface area contributed by atoms with E-state index in [0.29, 0.717) is 5.82 Å². The number of nitrogens with two attached hydrogens (primary N) is 2. The first-order chi connectivity index (χ1) is 7.79. The maximum atomic E-state index is 5.63. The summed E-state index contributed by atoms with van der Waals surface area (Å²) in [5.74, 6) is 6.10. The minimum atomic E-state index is 0.119. The van der Waals surface area contributed by atoms with E-state index in [1.165, 1.54) is 5.56 Å². The first kappa shape index (κ1) is 11.1. The summed E-state index contributed by atoms with van der Waals surface area (Å²) in [6, 6.07) is 6.01. The quantitative estimate of drug-likeness (QED) is 0.553. The fraction of sp³-hybridized carbons (Fsp3) is 0.182. The Bertz CT molecular complexity index is 441. The van der Waals surface area contributed by atoms with E-state index in [2.05, 4.69) is 21.9 Å². The number of nitrogens with one attached hydrogen (secondary N) is 1. The van der Waals surface area contributed by atoms with Crippen LogP contribution in [0.3, 0.4) is 0 Å². The number of pyridine rings is 1. The van der Waals surface area contributed by atoms with E-state index >= 15 is 0 Å². The molecule has 0 amide bonds. The molecule has 1 unspecified atom stereocenters. The van der Waals surface area contributed by atoms with Gasteiger partial charge in [-0.15, -0.1) is 0 Å². The Kier molecular flexibility index (Phi) is 3.51. The molecule has 0 aliphatic carbocycles. The lowest BCUT2D eigenvalue weighted by molar-refractivity contribution is 0.553. The highest BCUT2D eigenvalue weighted by atomic mass is 32.1. The second-order valence-corrected chi connectivity index (χ2v) is 4.35. The van der Waals surface area contributed by atoms with Gasteiger partial charge in [0.05, 0.1) is 6.04 Å². The molecule has 0 bridgehead atoms. The zero-order valence-corrected chi connectivity index (χ0v) is 9.58. The second-order valence-electron chi connectivity index (χ2n) is 3.57. The summed E-state index contributed by atoms with van der Waals surface area (Å²) >= 11 is 1.66. The third kappa shape index (κ3) is 2.57. The van der Waals surface area contributed by atoms with Crippen LogP contribution in [-0.2, 0) is 6.42 Å². The van der Waals surface area contributed by atoms with Crippen molar-refractivity contribution in [3.05, 3.63) is 46.3 Å². The van der Waals surface area contributed by atoms with Crippen molar-refractivity contribution in [3.8, 4) is 0 Å². The molecule has 0 saturated carbocycles. The molecular weight excluding hydrogens is 220 g/mol. The fourth-order valence-electron chi connectivity index (χ4n) is 1.60. The van der Waals surface area contributed by atoms with Crippen molar-refractivity contribution in [1.82, 2.24) is 10.4 Å². The molecular formula is C11H14N4S. The molecule has 0 saturated heterocycles. The van der Waals surface area contributed by atoms with Crippen LogP contribution in [0.4, 0.5) is 5.82 Å². The third-order valence-electron chi connectivity index (χ3n) is 2.43. The van der Waals surface area contributed by atoms with E-state index in [-0.39, 0.29) is 6.04 Å². The van der Waals surface area contributed by atoms with Crippen LogP contribution in [0.5, 0.6) is 0 Å². The second kappa shape index (κ2) is 5.07. The number of aromatic nitrogens is 1. The number of rotatable bonds is 4. The minimum Gasteiger partial charge on any atom is -0.384 e. The van der Waals surface area contributed by atoms with Gasteiger partial charge in [-0.2, -0.15) is 11.3 Å². The third-order valence-corrected chi connectivity index (χ3v) is 3.13. The van der Waals surface area contributed by atoms with Crippen LogP contribution in [0.2, 0.25) is 0 Å². The van der Waals surface area contributed by atoms with E-state index in [1.807, 2.05) is 17.5 Å². The minimum absolute atomic E-state index is 0.119. The molecule has 0 fully saturated rings. The zero-order chi connectivity index (χ0) is 11.4. The van der Waals surface area contributed by atoms with Gasteiger partial charge in [-0.05, 0) is 46.5 Å². The number of hydrazine groups is 1. The van der Waals surface area contributed by atoms with Crippen molar-refractivity contribution < 1.29 is 0 Å². The van der Waals surface area contributed by atoms with E-state index < -0.39 is 0 Å². The molecule has 5 heteroatoms. The molecule has 2 heterocycles. The summed E-state index contributed by atoms with van der Waals surface area (Å²) in [6.45, 7) is 0. The summed E-state index contributed by atoms with van der Waals surface area (Å²) in [5.41, 5.74) is 10.8. The van der Waals surface area contributed by atoms with Gasteiger partial charge < -0.3 is 5.73 Å². The number of hydrogen-bond donors (Lipinski definition) is 3. The number of nitrogens with zero attached hydrogens (tertiary/aromatic N) is 1. The van der Waals surface area contributed by atoms with Gasteiger partial charge in [-0.1, -0.05) is 0 Å². The average molecular weight is 234 g/mol. The summed E-state index contributed by atoms with van der Waals surface area (Å²) < 4.78 is 0. The van der Waals surface area contributed by atoms with Crippen LogP contribution < -0.4 is 17.0 Å². The standard InChI is InChI=1S/C11H14N4S/c12-11-6-8(1-3-14-11)5-10(15-13)9-2-4-16-7-9/h1-4,6-7,10,15H,5,13H2,(H2,12,14). The highest BCUT2D eigenvalue weighted by Gasteiger charge is 2.10. The first-order valence-electron chi connectivity index (χ1n) is 4.98. The van der Waals surface area contributed by atoms with E-state index in [1.54, 1.807) is 17.5 Å². The highest BCUT2D eigenvalue weighted by molar-refractivity contribution is 7.07. The van der Waals surface area contributed by atoms with Gasteiger partial charge in [0.15, 0.2) is 0 Å². The largest absolute Gasteiger partial charge is 0.384 e. The van der Waals surface area contributed by atoms with E-state index in [9.17, 15) is 0 Å². The number of thiophene rings is 1. The predicted octanol–water partition coefficient (Wildman–Crippen LogP) is 1.47. The average Bonchev–Trinajstić information content (AvgIpc) is 2.79. The Labute approximate surface area is 98.3 Å². The normalized spacial score (nSPS) is 12.6. The molecule has 0 radical (unpaired) electrons. The lowest BCUT2D eigenvalue weighted by atomic mass is 10.0. The van der Waals surface area contributed by atoms with Crippen LogP contribution in [0, 0.1) is 0 Å². The van der Waals surface area contributed by atoms with Crippen molar-refractivity contribution >= 4 is 17.2 Å². The topological polar surface area (TPSA) is 77.0 Å². The van der Waals surface area contributed by atoms with Gasteiger partial charge in [-0.3, -0.25) is 11.3 Å². The number of nitrogen functional groups attached to an aromatic ring is 1. The van der Waals surface area contributed by atoms with Crippen LogP contribution in [0.25, 0.3) is 0 Å². The van der Waals surface area contributed by atoms with Gasteiger partial charge >= 0.3 is 0 Å². The summed E-state index contributed by atoms with van der Waals surface area (Å²) in [4.78, 5) is 3.96. The molecule has 16 heavy (non-hydrogen) atoms. The van der Waals surface area contributed by atoms with Gasteiger partial charge in [-0.25, -0.2) is 4.98 Å². The maximum absolute atomic E-state index is 5.63. The van der Waals surface area contributed by atoms with E-state index in [4.69, 9.17) is 11.6 Å². The van der Waals surface area contributed by atoms with Crippen molar-refractivity contribution in [2.24, 2.45) is 5.84 Å². The van der Waals surface area contributed by atoms with Gasteiger partial charge in [0.2, 0.25) is 0 Å². The Morgan fingerprint density at radius 2 is 2.31 bits per heavy atom. The number of anilines is 1. The molecule has 0 spiro atoms. The van der Waals surface area contributed by atoms with Crippen molar-refractivity contribution in [2.75, 3.05) is 5.73 Å². The predicted molar refractivity (Wildman–Crippen MR) is 66.7 cm³/mol. The molecule has 1 atom stereocenters. The van der Waals surface area contributed by atoms with E-state index in [0.717, 1.165) is 12.0 Å². The van der Waals surface area contributed by atoms with Crippen molar-refractivity contribution in [1.29, 1.82) is 0 Å². The Morgan fingerprint density at radius 3 is 2.94 bits per heavy atom. The molecule has 0 aromatic carbocycles. The Hall–Kier alpha value is -1.43. The molecule has 2 aromatic heterocycles. The molecule has 0 aliphatic rings. The van der Waals surface area contributed by atoms with Crippen LogP contribution >= 0.6 is 11.3 Å².